The molecule has 0 fully saturated rings. The molecule has 58 valence electrons. The predicted molar refractivity (Wildman–Crippen MR) is 34.9 cm³/mol. The minimum atomic E-state index is -0.797. The van der Waals surface area contributed by atoms with Crippen LogP contribution in [0.3, 0.4) is 0 Å². The molecule has 0 saturated carbocycles. The Morgan fingerprint density at radius 3 is 2.82 bits per heavy atom. The van der Waals surface area contributed by atoms with Gasteiger partial charge in [0.15, 0.2) is 4.99 Å². The van der Waals surface area contributed by atoms with Crippen LogP contribution in [-0.4, -0.2) is 25.4 Å². The molecule has 1 aromatic heterocycles. The van der Waals surface area contributed by atoms with Crippen molar-refractivity contribution in [2.75, 3.05) is 0 Å². The number of H-pyrrole nitrogens is 1. The van der Waals surface area contributed by atoms with Crippen LogP contribution in [0.2, 0.25) is 0 Å². The van der Waals surface area contributed by atoms with E-state index >= 15 is 0 Å². The molecule has 8 nitrogen and oxygen atoms in total. The summed E-state index contributed by atoms with van der Waals surface area (Å²) in [6, 6.07) is 0. The van der Waals surface area contributed by atoms with Crippen LogP contribution < -0.4 is 10.6 Å². The van der Waals surface area contributed by atoms with Gasteiger partial charge < -0.3 is 15.8 Å². The van der Waals surface area contributed by atoms with Crippen molar-refractivity contribution >= 4 is 17.2 Å². The second-order valence-electron chi connectivity index (χ2n) is 1.54. The summed E-state index contributed by atoms with van der Waals surface area (Å²) in [6.07, 6.45) is 0. The van der Waals surface area contributed by atoms with Crippen molar-refractivity contribution in [2.24, 2.45) is 5.73 Å². The highest BCUT2D eigenvalue weighted by molar-refractivity contribution is 7.80. The number of nitrogens with two attached hydrogens (primary N) is 1. The monoisotopic (exact) mass is 175 g/mol. The lowest BCUT2D eigenvalue weighted by Gasteiger charge is -1.78. The van der Waals surface area contributed by atoms with Gasteiger partial charge in [0, 0.05) is 0 Å². The maximum atomic E-state index is 9.99. The fraction of sp³-hybridized carbons (Fsp3) is 0. The van der Waals surface area contributed by atoms with Gasteiger partial charge in [-0.3, -0.25) is 0 Å². The van der Waals surface area contributed by atoms with E-state index in [1.54, 1.807) is 0 Å². The van der Waals surface area contributed by atoms with Crippen LogP contribution in [0.25, 0.3) is 0 Å². The predicted octanol–water partition coefficient (Wildman–Crippen LogP) is -2.23. The molecule has 0 aliphatic carbocycles. The molecule has 0 aliphatic heterocycles. The van der Waals surface area contributed by atoms with Gasteiger partial charge in [0.1, 0.15) is 5.03 Å². The van der Waals surface area contributed by atoms with Gasteiger partial charge in [-0.1, -0.05) is 12.2 Å². The Balaban J connectivity index is 2.99. The van der Waals surface area contributed by atoms with Gasteiger partial charge in [0.25, 0.3) is 4.91 Å². The summed E-state index contributed by atoms with van der Waals surface area (Å²) < 4.78 is 0. The highest BCUT2D eigenvalue weighted by Gasteiger charge is 2.22. The van der Waals surface area contributed by atoms with Gasteiger partial charge in [-0.2, -0.15) is 0 Å². The number of tetrazole rings is 1. The lowest BCUT2D eigenvalue weighted by atomic mass is 10.6. The van der Waals surface area contributed by atoms with Crippen molar-refractivity contribution < 1.29 is 9.94 Å². The van der Waals surface area contributed by atoms with E-state index in [1.807, 2.05) is 0 Å². The molecule has 1 rings (SSSR count). The summed E-state index contributed by atoms with van der Waals surface area (Å²) in [7, 11) is 0. The van der Waals surface area contributed by atoms with Crippen molar-refractivity contribution in [3.8, 4) is 0 Å². The van der Waals surface area contributed by atoms with Gasteiger partial charge in [-0.25, -0.2) is 0 Å². The van der Waals surface area contributed by atoms with Crippen molar-refractivity contribution in [1.29, 1.82) is 0 Å². The summed E-state index contributed by atoms with van der Waals surface area (Å²) in [5.41, 5.74) is 5.09. The Morgan fingerprint density at radius 1 is 1.91 bits per heavy atom. The van der Waals surface area contributed by atoms with Crippen molar-refractivity contribution in [2.45, 2.75) is 0 Å². The summed E-state index contributed by atoms with van der Waals surface area (Å²) in [6.45, 7) is 0. The van der Waals surface area contributed by atoms with Crippen molar-refractivity contribution in [3.63, 3.8) is 0 Å². The number of thiocarbonyl (C=S) groups is 1. The SMILES string of the molecule is NC(=S)c1nn[n+]([N+](=O)[O-])[nH]1. The molecule has 0 bridgehead atoms. The first-order chi connectivity index (χ1) is 5.11. The van der Waals surface area contributed by atoms with Crippen molar-refractivity contribution in [3.05, 3.63) is 15.9 Å². The van der Waals surface area contributed by atoms with Crippen LogP contribution in [-0.2, 0) is 0 Å². The number of hydrogen-bond donors (Lipinski definition) is 2. The van der Waals surface area contributed by atoms with Crippen LogP contribution >= 0.6 is 12.2 Å². The molecule has 0 amide bonds. The Morgan fingerprint density at radius 2 is 2.55 bits per heavy atom. The van der Waals surface area contributed by atoms with Gasteiger partial charge in [-0.15, -0.1) is 0 Å². The number of nitro groups is 1. The van der Waals surface area contributed by atoms with Gasteiger partial charge in [0.05, 0.1) is 0 Å². The van der Waals surface area contributed by atoms with Gasteiger partial charge >= 0.3 is 11.0 Å². The summed E-state index contributed by atoms with van der Waals surface area (Å²) in [5, 5.41) is 17.7. The Kier molecular flexibility index (Phi) is 1.72. The van der Waals surface area contributed by atoms with Crippen LogP contribution in [0.4, 0.5) is 0 Å². The maximum absolute atomic E-state index is 9.99. The smallest absolute Gasteiger partial charge is 0.383 e. The normalized spacial score (nSPS) is 9.45. The molecule has 0 aromatic carbocycles. The number of rotatable bonds is 2. The van der Waals surface area contributed by atoms with E-state index < -0.39 is 5.03 Å². The zero-order chi connectivity index (χ0) is 8.43. The maximum Gasteiger partial charge on any atom is 0.417 e. The number of aromatic nitrogens is 4. The summed E-state index contributed by atoms with van der Waals surface area (Å²) >= 11 is 4.47. The standard InChI is InChI=1S/C2H2N6O2S/c3-1(11)2-4-6-7(5-2)8(9)10/h(H2,3,11)/p+1. The first-order valence-electron chi connectivity index (χ1n) is 2.41. The minimum absolute atomic E-state index is 0.0108. The van der Waals surface area contributed by atoms with Crippen LogP contribution in [0.15, 0.2) is 0 Å². The second kappa shape index (κ2) is 2.54. The van der Waals surface area contributed by atoms with E-state index in [4.69, 9.17) is 5.73 Å². The second-order valence-corrected chi connectivity index (χ2v) is 1.98. The Hall–Kier alpha value is -1.64. The molecule has 0 unspecified atom stereocenters. The molecular formula is C2H3N6O2S+. The largest absolute Gasteiger partial charge is 0.417 e. The van der Waals surface area contributed by atoms with E-state index in [1.165, 1.54) is 0 Å². The third-order valence-corrected chi connectivity index (χ3v) is 1.02. The fourth-order valence-corrected chi connectivity index (χ4v) is 0.491. The lowest BCUT2D eigenvalue weighted by Crippen LogP contribution is -2.47. The Labute approximate surface area is 65.1 Å². The Bertz CT molecular complexity index is 277. The van der Waals surface area contributed by atoms with Crippen LogP contribution in [0.5, 0.6) is 0 Å². The first-order valence-corrected chi connectivity index (χ1v) is 2.81. The van der Waals surface area contributed by atoms with E-state index in [-0.39, 0.29) is 10.8 Å². The molecule has 1 aromatic rings. The number of nitrogens with zero attached hydrogens (tertiary/aromatic N) is 4. The van der Waals surface area contributed by atoms with Crippen LogP contribution in [0.1, 0.15) is 5.82 Å². The summed E-state index contributed by atoms with van der Waals surface area (Å²) in [4.78, 5) is 10.2. The molecule has 0 spiro atoms. The third-order valence-electron chi connectivity index (χ3n) is 0.823. The quantitative estimate of drug-likeness (QED) is 0.227. The van der Waals surface area contributed by atoms with E-state index in [0.717, 1.165) is 0 Å². The number of nitrogens with one attached hydrogen (secondary N) is 1. The zero-order valence-corrected chi connectivity index (χ0v) is 5.91. The highest BCUT2D eigenvalue weighted by atomic mass is 32.1. The average Bonchev–Trinajstić information content (AvgIpc) is 2.33. The van der Waals surface area contributed by atoms with Gasteiger partial charge in [0.2, 0.25) is 5.10 Å². The van der Waals surface area contributed by atoms with Gasteiger partial charge in [-0.05, 0) is 5.10 Å². The van der Waals surface area contributed by atoms with Crippen LogP contribution in [0, 0.1) is 10.1 Å². The number of hydrogen-bond acceptors (Lipinski definition) is 5. The first kappa shape index (κ1) is 7.47. The highest BCUT2D eigenvalue weighted by Crippen LogP contribution is 1.78. The third kappa shape index (κ3) is 1.43. The lowest BCUT2D eigenvalue weighted by molar-refractivity contribution is -1.25. The molecule has 1 heterocycles. The minimum Gasteiger partial charge on any atom is -0.383 e. The molecule has 0 aliphatic rings. The molecule has 0 radical (unpaired) electrons. The topological polar surface area (TPSA) is 115 Å². The average molecular weight is 175 g/mol. The molecule has 3 N–H and O–H groups in total. The molecule has 9 heteroatoms. The van der Waals surface area contributed by atoms with E-state index in [0.29, 0.717) is 4.91 Å². The molecule has 0 atom stereocenters. The number of aromatic amines is 1. The zero-order valence-electron chi connectivity index (χ0n) is 5.09. The summed E-state index contributed by atoms with van der Waals surface area (Å²) in [5.74, 6) is 0.0108. The molecule has 0 saturated heterocycles. The van der Waals surface area contributed by atoms with E-state index in [2.05, 4.69) is 27.6 Å². The van der Waals surface area contributed by atoms with Crippen molar-refractivity contribution in [1.82, 2.24) is 15.4 Å². The molecule has 11 heavy (non-hydrogen) atoms. The fourth-order valence-electron chi connectivity index (χ4n) is 0.404. The van der Waals surface area contributed by atoms with E-state index in [9.17, 15) is 10.1 Å². The molecular weight excluding hydrogens is 172 g/mol.